The highest BCUT2D eigenvalue weighted by Crippen LogP contribution is 2.14. The average Bonchev–Trinajstić information content (AvgIpc) is 2.83. The van der Waals surface area contributed by atoms with E-state index >= 15 is 0 Å². The molecule has 0 unspecified atom stereocenters. The van der Waals surface area contributed by atoms with Gasteiger partial charge < -0.3 is 0 Å². The maximum Gasteiger partial charge on any atom is 0.276 e. The van der Waals surface area contributed by atoms with E-state index in [2.05, 4.69) is 28.9 Å². The zero-order valence-electron chi connectivity index (χ0n) is 14.7. The lowest BCUT2D eigenvalue weighted by atomic mass is 10.0. The van der Waals surface area contributed by atoms with Crippen molar-refractivity contribution in [3.05, 3.63) is 47.3 Å². The molecule has 0 aliphatic carbocycles. The lowest BCUT2D eigenvalue weighted by molar-refractivity contribution is 0.584. The molecule has 130 valence electrons. The molecule has 1 aromatic carbocycles. The first kappa shape index (κ1) is 18.2. The van der Waals surface area contributed by atoms with E-state index in [0.29, 0.717) is 11.6 Å². The molecule has 0 spiro atoms. The first-order valence-electron chi connectivity index (χ1n) is 7.84. The van der Waals surface area contributed by atoms with E-state index in [1.807, 2.05) is 32.3 Å². The van der Waals surface area contributed by atoms with Crippen molar-refractivity contribution < 1.29 is 8.42 Å². The molecular formula is C17H24N4O2S. The minimum atomic E-state index is -3.68. The van der Waals surface area contributed by atoms with Gasteiger partial charge in [0.05, 0.1) is 16.3 Å². The molecule has 0 saturated heterocycles. The van der Waals surface area contributed by atoms with Crippen molar-refractivity contribution >= 4 is 15.7 Å². The van der Waals surface area contributed by atoms with Crippen LogP contribution in [0.2, 0.25) is 0 Å². The standard InChI is InChI=1S/C17H24N4O2S/c1-12(2)10-15-6-8-16(9-7-15)24(22,23)20-18-13(3)17-11-21(5)19-14(17)4/h6-9,11-12,20H,10H2,1-5H3/b18-13-. The second-order valence-electron chi connectivity index (χ2n) is 6.34. The first-order chi connectivity index (χ1) is 11.2. The van der Waals surface area contributed by atoms with Crippen LogP contribution in [0, 0.1) is 12.8 Å². The molecule has 0 bridgehead atoms. The lowest BCUT2D eigenvalue weighted by Gasteiger charge is -2.07. The molecule has 0 atom stereocenters. The quantitative estimate of drug-likeness (QED) is 0.644. The maximum absolute atomic E-state index is 12.4. The molecule has 0 fully saturated rings. The summed E-state index contributed by atoms with van der Waals surface area (Å²) >= 11 is 0. The van der Waals surface area contributed by atoms with Gasteiger partial charge in [0.25, 0.3) is 10.0 Å². The number of hydrogen-bond donors (Lipinski definition) is 1. The highest BCUT2D eigenvalue weighted by molar-refractivity contribution is 7.89. The number of aromatic nitrogens is 2. The van der Waals surface area contributed by atoms with E-state index in [0.717, 1.165) is 23.2 Å². The Kier molecular flexibility index (Phi) is 5.43. The average molecular weight is 348 g/mol. The number of sulfonamides is 1. The monoisotopic (exact) mass is 348 g/mol. The van der Waals surface area contributed by atoms with Crippen molar-refractivity contribution in [1.29, 1.82) is 0 Å². The van der Waals surface area contributed by atoms with Gasteiger partial charge in [-0.05, 0) is 43.9 Å². The number of hydrazone groups is 1. The van der Waals surface area contributed by atoms with Gasteiger partial charge in [0.1, 0.15) is 0 Å². The molecule has 7 heteroatoms. The Labute approximate surface area is 143 Å². The summed E-state index contributed by atoms with van der Waals surface area (Å²) in [6.07, 6.45) is 2.73. The van der Waals surface area contributed by atoms with Gasteiger partial charge in [-0.25, -0.2) is 0 Å². The number of hydrogen-bond acceptors (Lipinski definition) is 4. The fourth-order valence-corrected chi connectivity index (χ4v) is 3.33. The maximum atomic E-state index is 12.4. The van der Waals surface area contributed by atoms with E-state index in [1.165, 1.54) is 0 Å². The number of nitrogens with zero attached hydrogens (tertiary/aromatic N) is 3. The third kappa shape index (κ3) is 4.44. The minimum absolute atomic E-state index is 0.203. The second kappa shape index (κ2) is 7.17. The molecule has 0 aliphatic heterocycles. The molecule has 24 heavy (non-hydrogen) atoms. The fraction of sp³-hybridized carbons (Fsp3) is 0.412. The summed E-state index contributed by atoms with van der Waals surface area (Å²) in [7, 11) is -1.87. The largest absolute Gasteiger partial charge is 0.276 e. The van der Waals surface area contributed by atoms with Gasteiger partial charge in [0, 0.05) is 18.8 Å². The Morgan fingerprint density at radius 3 is 2.42 bits per heavy atom. The van der Waals surface area contributed by atoms with Gasteiger partial charge in [0.2, 0.25) is 0 Å². The summed E-state index contributed by atoms with van der Waals surface area (Å²) in [5, 5.41) is 8.24. The molecule has 6 nitrogen and oxygen atoms in total. The summed E-state index contributed by atoms with van der Waals surface area (Å²) in [5.41, 5.74) is 3.30. The Hall–Kier alpha value is -2.15. The molecule has 2 aromatic rings. The summed E-state index contributed by atoms with van der Waals surface area (Å²) < 4.78 is 26.4. The van der Waals surface area contributed by atoms with Crippen molar-refractivity contribution in [3.63, 3.8) is 0 Å². The lowest BCUT2D eigenvalue weighted by Crippen LogP contribution is -2.20. The van der Waals surface area contributed by atoms with Gasteiger partial charge in [-0.2, -0.15) is 23.4 Å². The summed E-state index contributed by atoms with van der Waals surface area (Å²) in [6, 6.07) is 6.91. The third-order valence-electron chi connectivity index (χ3n) is 3.61. The highest BCUT2D eigenvalue weighted by Gasteiger charge is 2.14. The molecule has 1 N–H and O–H groups in total. The van der Waals surface area contributed by atoms with Crippen molar-refractivity contribution in [2.24, 2.45) is 18.1 Å². The van der Waals surface area contributed by atoms with Gasteiger partial charge in [-0.3, -0.25) is 4.68 Å². The van der Waals surface area contributed by atoms with Gasteiger partial charge in [0.15, 0.2) is 0 Å². The van der Waals surface area contributed by atoms with Crippen LogP contribution in [0.3, 0.4) is 0 Å². The van der Waals surface area contributed by atoms with Crippen molar-refractivity contribution in [2.75, 3.05) is 0 Å². The molecule has 1 aromatic heterocycles. The predicted molar refractivity (Wildman–Crippen MR) is 95.5 cm³/mol. The Morgan fingerprint density at radius 2 is 1.92 bits per heavy atom. The van der Waals surface area contributed by atoms with Gasteiger partial charge in [-0.1, -0.05) is 26.0 Å². The van der Waals surface area contributed by atoms with E-state index < -0.39 is 10.0 Å². The summed E-state index contributed by atoms with van der Waals surface area (Å²) in [5.74, 6) is 0.528. The van der Waals surface area contributed by atoms with Gasteiger partial charge >= 0.3 is 0 Å². The highest BCUT2D eigenvalue weighted by atomic mass is 32.2. The van der Waals surface area contributed by atoms with Crippen LogP contribution in [0.5, 0.6) is 0 Å². The third-order valence-corrected chi connectivity index (χ3v) is 4.84. The second-order valence-corrected chi connectivity index (χ2v) is 8.00. The van der Waals surface area contributed by atoms with Crippen LogP contribution in [0.4, 0.5) is 0 Å². The molecule has 0 aliphatic rings. The number of rotatable bonds is 6. The molecular weight excluding hydrogens is 324 g/mol. The number of nitrogens with one attached hydrogen (secondary N) is 1. The fourth-order valence-electron chi connectivity index (χ4n) is 2.47. The van der Waals surface area contributed by atoms with Crippen LogP contribution in [0.15, 0.2) is 40.5 Å². The van der Waals surface area contributed by atoms with Crippen molar-refractivity contribution in [3.8, 4) is 0 Å². The Morgan fingerprint density at radius 1 is 1.29 bits per heavy atom. The number of benzene rings is 1. The molecule has 0 saturated carbocycles. The van der Waals surface area contributed by atoms with Crippen LogP contribution in [0.1, 0.15) is 37.6 Å². The molecule has 2 rings (SSSR count). The normalized spacial score (nSPS) is 12.7. The van der Waals surface area contributed by atoms with Gasteiger partial charge in [-0.15, -0.1) is 0 Å². The van der Waals surface area contributed by atoms with E-state index in [-0.39, 0.29) is 4.90 Å². The summed E-state index contributed by atoms with van der Waals surface area (Å²) in [4.78, 5) is 2.50. The topological polar surface area (TPSA) is 76.3 Å². The first-order valence-corrected chi connectivity index (χ1v) is 9.33. The van der Waals surface area contributed by atoms with Crippen molar-refractivity contribution in [2.45, 2.75) is 39.0 Å². The summed E-state index contributed by atoms with van der Waals surface area (Å²) in [6.45, 7) is 7.86. The zero-order valence-corrected chi connectivity index (χ0v) is 15.6. The van der Waals surface area contributed by atoms with E-state index in [9.17, 15) is 8.42 Å². The van der Waals surface area contributed by atoms with Crippen LogP contribution >= 0.6 is 0 Å². The zero-order chi connectivity index (χ0) is 17.9. The smallest absolute Gasteiger partial charge is 0.275 e. The van der Waals surface area contributed by atoms with Crippen LogP contribution in [0.25, 0.3) is 0 Å². The molecule has 1 heterocycles. The Bertz CT molecular complexity index is 834. The SMILES string of the molecule is C/C(=N/NS(=O)(=O)c1ccc(CC(C)C)cc1)c1cn(C)nc1C. The molecule has 0 radical (unpaired) electrons. The molecule has 0 amide bonds. The van der Waals surface area contributed by atoms with Crippen LogP contribution in [-0.2, 0) is 23.5 Å². The van der Waals surface area contributed by atoms with Crippen LogP contribution in [-0.4, -0.2) is 23.9 Å². The van der Waals surface area contributed by atoms with E-state index in [1.54, 1.807) is 23.7 Å². The Balaban J connectivity index is 2.16. The van der Waals surface area contributed by atoms with Crippen LogP contribution < -0.4 is 4.83 Å². The minimum Gasteiger partial charge on any atom is -0.275 e. The predicted octanol–water partition coefficient (Wildman–Crippen LogP) is 2.63. The number of aryl methyl sites for hydroxylation is 2. The van der Waals surface area contributed by atoms with Crippen molar-refractivity contribution in [1.82, 2.24) is 14.6 Å². The van der Waals surface area contributed by atoms with E-state index in [4.69, 9.17) is 0 Å².